The second-order valence-corrected chi connectivity index (χ2v) is 8.26. The molecule has 9 heteroatoms. The molecule has 8 nitrogen and oxygen atoms in total. The summed E-state index contributed by atoms with van der Waals surface area (Å²) in [5.41, 5.74) is 1.93. The van der Waals surface area contributed by atoms with Crippen molar-refractivity contribution in [3.05, 3.63) is 30.1 Å². The van der Waals surface area contributed by atoms with Gasteiger partial charge in [-0.25, -0.2) is 4.98 Å². The van der Waals surface area contributed by atoms with Crippen LogP contribution in [0.4, 0.5) is 0 Å². The fraction of sp³-hybridized carbons (Fsp3) is 0.571. The third-order valence-corrected chi connectivity index (χ3v) is 5.79. The molecule has 1 aromatic heterocycles. The SMILES string of the molecule is COCCCNC(=O)CN1CCN(C(=O)Cn2c(CSC)nc3ccccc32)CC1. The summed E-state index contributed by atoms with van der Waals surface area (Å²) in [6.07, 6.45) is 2.85. The van der Waals surface area contributed by atoms with Crippen molar-refractivity contribution in [3.63, 3.8) is 0 Å². The summed E-state index contributed by atoms with van der Waals surface area (Å²) in [6.45, 7) is 4.64. The van der Waals surface area contributed by atoms with Crippen LogP contribution >= 0.6 is 11.8 Å². The van der Waals surface area contributed by atoms with E-state index in [-0.39, 0.29) is 11.8 Å². The minimum absolute atomic E-state index is 0.0254. The Labute approximate surface area is 181 Å². The predicted octanol–water partition coefficient (Wildman–Crippen LogP) is 1.20. The summed E-state index contributed by atoms with van der Waals surface area (Å²) in [6, 6.07) is 7.95. The molecular weight excluding hydrogens is 402 g/mol. The van der Waals surface area contributed by atoms with E-state index in [9.17, 15) is 9.59 Å². The van der Waals surface area contributed by atoms with Gasteiger partial charge in [0.05, 0.1) is 23.3 Å². The highest BCUT2D eigenvalue weighted by Crippen LogP contribution is 2.19. The number of rotatable bonds is 10. The summed E-state index contributed by atoms with van der Waals surface area (Å²) in [5.74, 6) is 1.83. The predicted molar refractivity (Wildman–Crippen MR) is 119 cm³/mol. The molecule has 2 heterocycles. The van der Waals surface area contributed by atoms with Gasteiger partial charge < -0.3 is 19.5 Å². The van der Waals surface area contributed by atoms with E-state index in [1.165, 1.54) is 0 Å². The molecule has 0 saturated carbocycles. The minimum Gasteiger partial charge on any atom is -0.385 e. The van der Waals surface area contributed by atoms with E-state index in [4.69, 9.17) is 9.72 Å². The van der Waals surface area contributed by atoms with Crippen LogP contribution in [0.2, 0.25) is 0 Å². The summed E-state index contributed by atoms with van der Waals surface area (Å²) in [7, 11) is 1.65. The standard InChI is InChI=1S/C21H31N5O3S/c1-29-13-5-8-22-20(27)14-24-9-11-25(12-10-24)21(28)15-26-18-7-4-3-6-17(18)23-19(26)16-30-2/h3-4,6-7H,5,8-16H2,1-2H3,(H,22,27). The fourth-order valence-electron chi connectivity index (χ4n) is 3.64. The van der Waals surface area contributed by atoms with Gasteiger partial charge in [0, 0.05) is 46.4 Å². The number of benzene rings is 1. The lowest BCUT2D eigenvalue weighted by Crippen LogP contribution is -2.51. The van der Waals surface area contributed by atoms with Crippen LogP contribution in [0.1, 0.15) is 12.2 Å². The van der Waals surface area contributed by atoms with E-state index in [1.54, 1.807) is 18.9 Å². The number of nitrogens with zero attached hydrogens (tertiary/aromatic N) is 4. The fourth-order valence-corrected chi connectivity index (χ4v) is 4.11. The molecule has 30 heavy (non-hydrogen) atoms. The number of piperazine rings is 1. The summed E-state index contributed by atoms with van der Waals surface area (Å²) in [4.78, 5) is 33.7. The van der Waals surface area contributed by atoms with Gasteiger partial charge in [-0.15, -0.1) is 0 Å². The van der Waals surface area contributed by atoms with Gasteiger partial charge in [-0.3, -0.25) is 14.5 Å². The number of fused-ring (bicyclic) bond motifs is 1. The Hall–Kier alpha value is -2.10. The van der Waals surface area contributed by atoms with Crippen molar-refractivity contribution < 1.29 is 14.3 Å². The van der Waals surface area contributed by atoms with E-state index in [0.717, 1.165) is 29.0 Å². The first kappa shape index (κ1) is 22.6. The highest BCUT2D eigenvalue weighted by atomic mass is 32.2. The molecule has 0 bridgehead atoms. The number of hydrogen-bond acceptors (Lipinski definition) is 6. The Morgan fingerprint density at radius 1 is 1.17 bits per heavy atom. The maximum Gasteiger partial charge on any atom is 0.242 e. The third-order valence-electron chi connectivity index (χ3n) is 5.24. The normalized spacial score (nSPS) is 14.9. The zero-order valence-electron chi connectivity index (χ0n) is 17.8. The van der Waals surface area contributed by atoms with E-state index >= 15 is 0 Å². The Bertz CT molecular complexity index is 848. The van der Waals surface area contributed by atoms with Crippen molar-refractivity contribution in [2.45, 2.75) is 18.7 Å². The van der Waals surface area contributed by atoms with Crippen molar-refractivity contribution >= 4 is 34.6 Å². The van der Waals surface area contributed by atoms with Crippen molar-refractivity contribution in [2.24, 2.45) is 0 Å². The Kier molecular flexibility index (Phi) is 8.53. The van der Waals surface area contributed by atoms with E-state index in [1.807, 2.05) is 40.0 Å². The number of thioether (sulfide) groups is 1. The van der Waals surface area contributed by atoms with Gasteiger partial charge in [0.1, 0.15) is 12.4 Å². The van der Waals surface area contributed by atoms with Gasteiger partial charge in [0.15, 0.2) is 0 Å². The number of carbonyl (C=O) groups excluding carboxylic acids is 2. The van der Waals surface area contributed by atoms with Crippen LogP contribution in [0.25, 0.3) is 11.0 Å². The van der Waals surface area contributed by atoms with Crippen LogP contribution in [-0.2, 0) is 26.6 Å². The molecule has 1 N–H and O–H groups in total. The largest absolute Gasteiger partial charge is 0.385 e. The maximum absolute atomic E-state index is 13.0. The first-order valence-electron chi connectivity index (χ1n) is 10.3. The number of hydrogen-bond donors (Lipinski definition) is 1. The molecule has 164 valence electrons. The molecule has 1 aliphatic rings. The number of nitrogens with one attached hydrogen (secondary N) is 1. The smallest absolute Gasteiger partial charge is 0.242 e. The van der Waals surface area contributed by atoms with Gasteiger partial charge >= 0.3 is 0 Å². The van der Waals surface area contributed by atoms with E-state index in [2.05, 4.69) is 10.2 Å². The van der Waals surface area contributed by atoms with Crippen LogP contribution in [0.3, 0.4) is 0 Å². The number of methoxy groups -OCH3 is 1. The molecule has 1 fully saturated rings. The molecule has 3 rings (SSSR count). The summed E-state index contributed by atoms with van der Waals surface area (Å²) >= 11 is 1.70. The van der Waals surface area contributed by atoms with Crippen LogP contribution in [0.15, 0.2) is 24.3 Å². The second kappa shape index (κ2) is 11.3. The summed E-state index contributed by atoms with van der Waals surface area (Å²) < 4.78 is 7.02. The Balaban J connectivity index is 1.51. The van der Waals surface area contributed by atoms with Gasteiger partial charge in [0.2, 0.25) is 11.8 Å². The molecular formula is C21H31N5O3S. The van der Waals surface area contributed by atoms with E-state index in [0.29, 0.717) is 52.4 Å². The van der Waals surface area contributed by atoms with Crippen molar-refractivity contribution in [2.75, 3.05) is 59.2 Å². The van der Waals surface area contributed by atoms with Gasteiger partial charge in [-0.05, 0) is 24.8 Å². The second-order valence-electron chi connectivity index (χ2n) is 7.39. The molecule has 0 spiro atoms. The average Bonchev–Trinajstić information content (AvgIpc) is 3.09. The number of para-hydroxylation sites is 2. The van der Waals surface area contributed by atoms with Crippen molar-refractivity contribution in [1.29, 1.82) is 0 Å². The highest BCUT2D eigenvalue weighted by Gasteiger charge is 2.23. The van der Waals surface area contributed by atoms with Gasteiger partial charge in [0.25, 0.3) is 0 Å². The summed E-state index contributed by atoms with van der Waals surface area (Å²) in [5, 5.41) is 2.91. The maximum atomic E-state index is 13.0. The number of ether oxygens (including phenoxy) is 1. The monoisotopic (exact) mass is 433 g/mol. The first-order chi connectivity index (χ1) is 14.6. The molecule has 1 saturated heterocycles. The Morgan fingerprint density at radius 3 is 2.67 bits per heavy atom. The zero-order chi connectivity index (χ0) is 21.3. The zero-order valence-corrected chi connectivity index (χ0v) is 18.6. The quantitative estimate of drug-likeness (QED) is 0.567. The lowest BCUT2D eigenvalue weighted by Gasteiger charge is -2.34. The van der Waals surface area contributed by atoms with Crippen LogP contribution in [-0.4, -0.2) is 90.4 Å². The molecule has 2 aromatic rings. The van der Waals surface area contributed by atoms with Crippen LogP contribution in [0, 0.1) is 0 Å². The average molecular weight is 434 g/mol. The lowest BCUT2D eigenvalue weighted by molar-refractivity contribution is -0.133. The molecule has 1 aliphatic heterocycles. The number of imidazole rings is 1. The number of amides is 2. The molecule has 2 amide bonds. The highest BCUT2D eigenvalue weighted by molar-refractivity contribution is 7.97. The first-order valence-corrected chi connectivity index (χ1v) is 11.7. The topological polar surface area (TPSA) is 79.7 Å². The molecule has 0 radical (unpaired) electrons. The number of carbonyl (C=O) groups is 2. The molecule has 1 aromatic carbocycles. The molecule has 0 aliphatic carbocycles. The third kappa shape index (κ3) is 5.96. The van der Waals surface area contributed by atoms with Crippen LogP contribution < -0.4 is 5.32 Å². The van der Waals surface area contributed by atoms with Gasteiger partial charge in [-0.1, -0.05) is 12.1 Å². The van der Waals surface area contributed by atoms with Gasteiger partial charge in [-0.2, -0.15) is 11.8 Å². The van der Waals surface area contributed by atoms with Crippen molar-refractivity contribution in [3.8, 4) is 0 Å². The Morgan fingerprint density at radius 2 is 1.93 bits per heavy atom. The van der Waals surface area contributed by atoms with Crippen LogP contribution in [0.5, 0.6) is 0 Å². The lowest BCUT2D eigenvalue weighted by atomic mass is 10.3. The molecule has 0 atom stereocenters. The van der Waals surface area contributed by atoms with Crippen molar-refractivity contribution in [1.82, 2.24) is 24.7 Å². The minimum atomic E-state index is 0.0254. The molecule has 0 unspecified atom stereocenters. The number of aromatic nitrogens is 2. The van der Waals surface area contributed by atoms with E-state index < -0.39 is 0 Å².